The molecule has 0 radical (unpaired) electrons. The van der Waals surface area contributed by atoms with Crippen molar-refractivity contribution in [1.82, 2.24) is 9.97 Å². The number of aromatic nitrogens is 2. The minimum Gasteiger partial charge on any atom is -0.393 e. The zero-order valence-corrected chi connectivity index (χ0v) is 9.63. The maximum absolute atomic E-state index is 9.40. The molecule has 5 heteroatoms. The predicted octanol–water partition coefficient (Wildman–Crippen LogP) is 1.31. The summed E-state index contributed by atoms with van der Waals surface area (Å²) in [7, 11) is 0. The molecule has 1 aromatic rings. The van der Waals surface area contributed by atoms with Gasteiger partial charge in [0.2, 0.25) is 5.95 Å². The van der Waals surface area contributed by atoms with Crippen LogP contribution in [-0.2, 0) is 0 Å². The maximum atomic E-state index is 9.40. The number of hydrogen-bond donors (Lipinski definition) is 2. The quantitative estimate of drug-likeness (QED) is 0.821. The first-order valence-corrected chi connectivity index (χ1v) is 5.93. The van der Waals surface area contributed by atoms with Crippen LogP contribution in [0.2, 0.25) is 0 Å². The Morgan fingerprint density at radius 2 is 2.18 bits per heavy atom. The minimum atomic E-state index is -0.121. The van der Waals surface area contributed by atoms with Gasteiger partial charge in [0.1, 0.15) is 11.8 Å². The first-order valence-electron chi connectivity index (χ1n) is 5.93. The monoisotopic (exact) mass is 232 g/mol. The highest BCUT2D eigenvalue weighted by Crippen LogP contribution is 2.24. The van der Waals surface area contributed by atoms with E-state index in [1.165, 1.54) is 0 Å². The number of nitriles is 1. The summed E-state index contributed by atoms with van der Waals surface area (Å²) < 4.78 is 0. The first-order chi connectivity index (χ1) is 8.28. The summed E-state index contributed by atoms with van der Waals surface area (Å²) in [5.74, 6) is 1.07. The lowest BCUT2D eigenvalue weighted by Crippen LogP contribution is -2.24. The van der Waals surface area contributed by atoms with E-state index in [1.54, 1.807) is 12.3 Å². The van der Waals surface area contributed by atoms with Crippen molar-refractivity contribution in [3.05, 3.63) is 18.0 Å². The summed E-state index contributed by atoms with van der Waals surface area (Å²) in [4.78, 5) is 8.12. The van der Waals surface area contributed by atoms with E-state index >= 15 is 0 Å². The third-order valence-corrected chi connectivity index (χ3v) is 3.14. The van der Waals surface area contributed by atoms with E-state index < -0.39 is 0 Å². The fraction of sp³-hybridized carbons (Fsp3) is 0.583. The second kappa shape index (κ2) is 5.60. The van der Waals surface area contributed by atoms with Crippen LogP contribution in [0, 0.1) is 17.2 Å². The van der Waals surface area contributed by atoms with Crippen LogP contribution in [0.25, 0.3) is 0 Å². The van der Waals surface area contributed by atoms with Gasteiger partial charge in [0.15, 0.2) is 0 Å². The molecule has 0 saturated heterocycles. The molecule has 0 amide bonds. The van der Waals surface area contributed by atoms with Gasteiger partial charge in [0.05, 0.1) is 6.10 Å². The number of aliphatic hydroxyl groups excluding tert-OH is 1. The molecule has 0 aromatic carbocycles. The highest BCUT2D eigenvalue weighted by atomic mass is 16.3. The smallest absolute Gasteiger partial charge is 0.223 e. The zero-order chi connectivity index (χ0) is 12.1. The van der Waals surface area contributed by atoms with Crippen molar-refractivity contribution in [1.29, 1.82) is 5.26 Å². The van der Waals surface area contributed by atoms with E-state index in [0.29, 0.717) is 17.6 Å². The minimum absolute atomic E-state index is 0.121. The average Bonchev–Trinajstić information content (AvgIpc) is 2.38. The van der Waals surface area contributed by atoms with Gasteiger partial charge >= 0.3 is 0 Å². The Bertz CT molecular complexity index is 407. The number of hydrogen-bond acceptors (Lipinski definition) is 5. The molecule has 0 bridgehead atoms. The third-order valence-electron chi connectivity index (χ3n) is 3.14. The molecule has 1 heterocycles. The van der Waals surface area contributed by atoms with Gasteiger partial charge in [-0.3, -0.25) is 0 Å². The molecule has 1 fully saturated rings. The van der Waals surface area contributed by atoms with Gasteiger partial charge in [-0.05, 0) is 37.7 Å². The Labute approximate surface area is 101 Å². The Hall–Kier alpha value is -1.67. The summed E-state index contributed by atoms with van der Waals surface area (Å²) in [5.41, 5.74) is 0.376. The lowest BCUT2D eigenvalue weighted by molar-refractivity contribution is 0.111. The molecule has 1 aromatic heterocycles. The molecule has 0 spiro atoms. The van der Waals surface area contributed by atoms with Crippen LogP contribution in [0.1, 0.15) is 31.4 Å². The topological polar surface area (TPSA) is 81.8 Å². The normalized spacial score (nSPS) is 24.0. The van der Waals surface area contributed by atoms with Crippen molar-refractivity contribution >= 4 is 5.95 Å². The van der Waals surface area contributed by atoms with Gasteiger partial charge in [-0.1, -0.05) is 0 Å². The van der Waals surface area contributed by atoms with E-state index in [-0.39, 0.29) is 6.10 Å². The number of anilines is 1. The van der Waals surface area contributed by atoms with Crippen molar-refractivity contribution in [2.75, 3.05) is 11.9 Å². The maximum Gasteiger partial charge on any atom is 0.223 e. The van der Waals surface area contributed by atoms with Gasteiger partial charge in [-0.15, -0.1) is 0 Å². The fourth-order valence-corrected chi connectivity index (χ4v) is 2.09. The molecule has 2 rings (SSSR count). The SMILES string of the molecule is N#Cc1ccnc(NCC2CCC(O)CC2)n1. The molecule has 0 atom stereocenters. The summed E-state index contributed by atoms with van der Waals surface area (Å²) in [6, 6.07) is 3.57. The van der Waals surface area contributed by atoms with Crippen LogP contribution in [0.3, 0.4) is 0 Å². The van der Waals surface area contributed by atoms with Gasteiger partial charge in [0, 0.05) is 12.7 Å². The van der Waals surface area contributed by atoms with Gasteiger partial charge in [0.25, 0.3) is 0 Å². The first kappa shape index (κ1) is 11.8. The van der Waals surface area contributed by atoms with Crippen molar-refractivity contribution in [3.8, 4) is 6.07 Å². The van der Waals surface area contributed by atoms with Crippen LogP contribution in [0.15, 0.2) is 12.3 Å². The number of nitrogens with one attached hydrogen (secondary N) is 1. The number of nitrogens with zero attached hydrogens (tertiary/aromatic N) is 3. The molecule has 2 N–H and O–H groups in total. The largest absolute Gasteiger partial charge is 0.393 e. The molecule has 1 saturated carbocycles. The summed E-state index contributed by atoms with van der Waals surface area (Å²) in [5, 5.41) is 21.3. The second-order valence-electron chi connectivity index (χ2n) is 4.43. The Balaban J connectivity index is 1.83. The molecular weight excluding hydrogens is 216 g/mol. The zero-order valence-electron chi connectivity index (χ0n) is 9.63. The average molecular weight is 232 g/mol. The van der Waals surface area contributed by atoms with Crippen molar-refractivity contribution in [2.24, 2.45) is 5.92 Å². The number of rotatable bonds is 3. The Morgan fingerprint density at radius 3 is 2.88 bits per heavy atom. The molecule has 5 nitrogen and oxygen atoms in total. The van der Waals surface area contributed by atoms with Crippen molar-refractivity contribution < 1.29 is 5.11 Å². The lowest BCUT2D eigenvalue weighted by Gasteiger charge is -2.25. The van der Waals surface area contributed by atoms with Crippen molar-refractivity contribution in [3.63, 3.8) is 0 Å². The predicted molar refractivity (Wildman–Crippen MR) is 63.2 cm³/mol. The van der Waals surface area contributed by atoms with Crippen LogP contribution in [0.5, 0.6) is 0 Å². The van der Waals surface area contributed by atoms with Crippen molar-refractivity contribution in [2.45, 2.75) is 31.8 Å². The molecule has 17 heavy (non-hydrogen) atoms. The Kier molecular flexibility index (Phi) is 3.89. The van der Waals surface area contributed by atoms with E-state index in [4.69, 9.17) is 5.26 Å². The molecular formula is C12H16N4O. The highest BCUT2D eigenvalue weighted by Gasteiger charge is 2.19. The van der Waals surface area contributed by atoms with Gasteiger partial charge in [-0.2, -0.15) is 5.26 Å². The molecule has 0 aliphatic heterocycles. The third kappa shape index (κ3) is 3.40. The lowest BCUT2D eigenvalue weighted by atomic mass is 9.87. The Morgan fingerprint density at radius 1 is 1.41 bits per heavy atom. The van der Waals surface area contributed by atoms with Crippen LogP contribution < -0.4 is 5.32 Å². The fourth-order valence-electron chi connectivity index (χ4n) is 2.09. The van der Waals surface area contributed by atoms with Gasteiger partial charge < -0.3 is 10.4 Å². The summed E-state index contributed by atoms with van der Waals surface area (Å²) in [6.45, 7) is 0.807. The van der Waals surface area contributed by atoms with E-state index in [0.717, 1.165) is 32.2 Å². The van der Waals surface area contributed by atoms with Crippen LogP contribution in [0.4, 0.5) is 5.95 Å². The summed E-state index contributed by atoms with van der Waals surface area (Å²) in [6.07, 6.45) is 5.29. The van der Waals surface area contributed by atoms with Crippen LogP contribution >= 0.6 is 0 Å². The van der Waals surface area contributed by atoms with E-state index in [2.05, 4.69) is 15.3 Å². The highest BCUT2D eigenvalue weighted by molar-refractivity contribution is 5.29. The van der Waals surface area contributed by atoms with E-state index in [1.807, 2.05) is 6.07 Å². The summed E-state index contributed by atoms with van der Waals surface area (Å²) >= 11 is 0. The van der Waals surface area contributed by atoms with Crippen LogP contribution in [-0.4, -0.2) is 27.7 Å². The van der Waals surface area contributed by atoms with Gasteiger partial charge in [-0.25, -0.2) is 9.97 Å². The molecule has 90 valence electrons. The van der Waals surface area contributed by atoms with E-state index in [9.17, 15) is 5.11 Å². The molecule has 0 unspecified atom stereocenters. The molecule has 1 aliphatic rings. The standard InChI is InChI=1S/C12H16N4O/c13-7-10-5-6-14-12(16-10)15-8-9-1-3-11(17)4-2-9/h5-6,9,11,17H,1-4,8H2,(H,14,15,16). The molecule has 1 aliphatic carbocycles. The number of aliphatic hydroxyl groups is 1. The second-order valence-corrected chi connectivity index (χ2v) is 4.43.